The summed E-state index contributed by atoms with van der Waals surface area (Å²) in [6.07, 6.45) is 1.71. The Balaban J connectivity index is 1.41. The lowest BCUT2D eigenvalue weighted by Crippen LogP contribution is -2.50. The molecule has 3 N–H and O–H groups in total. The number of ether oxygens (including phenoxy) is 2. The maximum atomic E-state index is 13.2. The number of carboxylic acids is 1. The number of rotatable bonds is 9. The molecule has 0 saturated carbocycles. The number of hydrogen-bond acceptors (Lipinski definition) is 6. The normalized spacial score (nSPS) is 24.3. The molecule has 0 radical (unpaired) electrons. The van der Waals surface area contributed by atoms with E-state index in [-0.39, 0.29) is 36.2 Å². The number of hydrogen-bond donors (Lipinski definition) is 3. The first kappa shape index (κ1) is 22.9. The zero-order chi connectivity index (χ0) is 23.4. The van der Waals surface area contributed by atoms with Gasteiger partial charge in [-0.2, -0.15) is 0 Å². The van der Waals surface area contributed by atoms with Gasteiger partial charge in [-0.1, -0.05) is 42.5 Å². The molecular weight excluding hydrogens is 426 g/mol. The fourth-order valence-electron chi connectivity index (χ4n) is 4.78. The van der Waals surface area contributed by atoms with Gasteiger partial charge in [0, 0.05) is 5.92 Å². The van der Waals surface area contributed by atoms with E-state index in [9.17, 15) is 24.6 Å². The van der Waals surface area contributed by atoms with E-state index >= 15 is 0 Å². The summed E-state index contributed by atoms with van der Waals surface area (Å²) in [4.78, 5) is 36.9. The standard InChI is InChI=1S/C25H27NO7/c27-13-19(25(31)32-14-15-5-2-1-3-6-15)26-23(28)22-18(20-9-10-21(22)33-20)12-16-7-4-8-17(11-16)24(29)30/h1-8,11,18-22,27H,9-10,12-14H2,(H,26,28)(H,29,30). The maximum Gasteiger partial charge on any atom is 0.335 e. The van der Waals surface area contributed by atoms with Crippen LogP contribution in [0.25, 0.3) is 0 Å². The summed E-state index contributed by atoms with van der Waals surface area (Å²) in [5.41, 5.74) is 1.81. The Morgan fingerprint density at radius 1 is 1.03 bits per heavy atom. The first-order chi connectivity index (χ1) is 16.0. The van der Waals surface area contributed by atoms with Crippen molar-refractivity contribution in [1.82, 2.24) is 5.32 Å². The highest BCUT2D eigenvalue weighted by Gasteiger charge is 2.52. The minimum Gasteiger partial charge on any atom is -0.478 e. The predicted molar refractivity (Wildman–Crippen MR) is 117 cm³/mol. The first-order valence-corrected chi connectivity index (χ1v) is 11.1. The van der Waals surface area contributed by atoms with Crippen LogP contribution in [0.4, 0.5) is 0 Å². The van der Waals surface area contributed by atoms with Crippen molar-refractivity contribution in [2.45, 2.75) is 44.1 Å². The molecule has 2 fully saturated rings. The molecule has 2 heterocycles. The summed E-state index contributed by atoms with van der Waals surface area (Å²) in [5, 5.41) is 21.6. The van der Waals surface area contributed by atoms with E-state index in [2.05, 4.69) is 5.32 Å². The number of benzene rings is 2. The van der Waals surface area contributed by atoms with Crippen LogP contribution in [0.2, 0.25) is 0 Å². The first-order valence-electron chi connectivity index (χ1n) is 11.1. The molecule has 8 nitrogen and oxygen atoms in total. The average Bonchev–Trinajstić information content (AvgIpc) is 3.43. The van der Waals surface area contributed by atoms with Crippen LogP contribution in [0.5, 0.6) is 0 Å². The molecule has 4 rings (SSSR count). The van der Waals surface area contributed by atoms with Gasteiger partial charge >= 0.3 is 11.9 Å². The molecule has 2 aliphatic rings. The summed E-state index contributed by atoms with van der Waals surface area (Å²) in [6, 6.07) is 14.6. The molecule has 5 unspecified atom stereocenters. The number of carbonyl (C=O) groups excluding carboxylic acids is 2. The molecule has 33 heavy (non-hydrogen) atoms. The topological polar surface area (TPSA) is 122 Å². The van der Waals surface area contributed by atoms with Gasteiger partial charge in [-0.15, -0.1) is 0 Å². The number of aliphatic hydroxyl groups excluding tert-OH is 1. The summed E-state index contributed by atoms with van der Waals surface area (Å²) in [6.45, 7) is -0.530. The number of aliphatic hydroxyl groups is 1. The number of nitrogens with one attached hydrogen (secondary N) is 1. The smallest absolute Gasteiger partial charge is 0.335 e. The number of fused-ring (bicyclic) bond motifs is 2. The van der Waals surface area contributed by atoms with E-state index in [1.807, 2.05) is 36.4 Å². The third kappa shape index (κ3) is 5.23. The lowest BCUT2D eigenvalue weighted by atomic mass is 9.75. The maximum absolute atomic E-state index is 13.2. The van der Waals surface area contributed by atoms with Crippen LogP contribution in [-0.4, -0.2) is 52.9 Å². The van der Waals surface area contributed by atoms with Crippen molar-refractivity contribution < 1.29 is 34.1 Å². The van der Waals surface area contributed by atoms with Crippen molar-refractivity contribution in [3.8, 4) is 0 Å². The molecule has 1 amide bonds. The fraction of sp³-hybridized carbons (Fsp3) is 0.400. The molecule has 0 aliphatic carbocycles. The fourth-order valence-corrected chi connectivity index (χ4v) is 4.78. The Hall–Kier alpha value is -3.23. The summed E-state index contributed by atoms with van der Waals surface area (Å²) in [7, 11) is 0. The van der Waals surface area contributed by atoms with Gasteiger partial charge in [0.2, 0.25) is 5.91 Å². The van der Waals surface area contributed by atoms with Crippen LogP contribution in [-0.2, 0) is 32.1 Å². The van der Waals surface area contributed by atoms with E-state index < -0.39 is 30.5 Å². The highest BCUT2D eigenvalue weighted by molar-refractivity contribution is 5.88. The van der Waals surface area contributed by atoms with Crippen LogP contribution < -0.4 is 5.32 Å². The van der Waals surface area contributed by atoms with E-state index in [1.54, 1.807) is 12.1 Å². The van der Waals surface area contributed by atoms with Gasteiger partial charge in [0.05, 0.1) is 30.3 Å². The number of carboxylic acid groups (broad SMARTS) is 1. The monoisotopic (exact) mass is 453 g/mol. The van der Waals surface area contributed by atoms with E-state index in [0.717, 1.165) is 24.0 Å². The molecule has 2 aromatic carbocycles. The molecule has 2 bridgehead atoms. The average molecular weight is 453 g/mol. The van der Waals surface area contributed by atoms with Crippen molar-refractivity contribution in [1.29, 1.82) is 0 Å². The minimum absolute atomic E-state index is 0.0474. The van der Waals surface area contributed by atoms with Gasteiger partial charge in [0.25, 0.3) is 0 Å². The van der Waals surface area contributed by atoms with Crippen molar-refractivity contribution in [2.24, 2.45) is 11.8 Å². The van der Waals surface area contributed by atoms with Crippen molar-refractivity contribution >= 4 is 17.8 Å². The minimum atomic E-state index is -1.17. The summed E-state index contributed by atoms with van der Waals surface area (Å²) in [5.74, 6) is -2.71. The summed E-state index contributed by atoms with van der Waals surface area (Å²) < 4.78 is 11.3. The van der Waals surface area contributed by atoms with Gasteiger partial charge < -0.3 is 25.0 Å². The van der Waals surface area contributed by atoms with Gasteiger partial charge in [0.1, 0.15) is 6.61 Å². The SMILES string of the molecule is O=C(O)c1cccc(CC2C3CCC(O3)C2C(=O)NC(CO)C(=O)OCc2ccccc2)c1. The number of amides is 1. The number of esters is 1. The zero-order valence-electron chi connectivity index (χ0n) is 18.1. The van der Waals surface area contributed by atoms with Gasteiger partial charge in [-0.3, -0.25) is 4.79 Å². The third-order valence-corrected chi connectivity index (χ3v) is 6.38. The van der Waals surface area contributed by atoms with E-state index in [1.165, 1.54) is 6.07 Å². The largest absolute Gasteiger partial charge is 0.478 e. The van der Waals surface area contributed by atoms with Crippen molar-refractivity contribution in [3.63, 3.8) is 0 Å². The Morgan fingerprint density at radius 3 is 2.48 bits per heavy atom. The second kappa shape index (κ2) is 10.1. The highest BCUT2D eigenvalue weighted by Crippen LogP contribution is 2.45. The van der Waals surface area contributed by atoms with Crippen LogP contribution in [0.15, 0.2) is 54.6 Å². The van der Waals surface area contributed by atoms with Crippen LogP contribution in [0.3, 0.4) is 0 Å². The van der Waals surface area contributed by atoms with Gasteiger partial charge in [-0.05, 0) is 42.5 Å². The zero-order valence-corrected chi connectivity index (χ0v) is 18.1. The number of aromatic carboxylic acids is 1. The Kier molecular flexibility index (Phi) is 7.05. The van der Waals surface area contributed by atoms with Gasteiger partial charge in [0.15, 0.2) is 6.04 Å². The van der Waals surface area contributed by atoms with Crippen molar-refractivity contribution in [2.75, 3.05) is 6.61 Å². The molecule has 174 valence electrons. The molecule has 0 aromatic heterocycles. The quantitative estimate of drug-likeness (QED) is 0.496. The second-order valence-corrected chi connectivity index (χ2v) is 8.53. The lowest BCUT2D eigenvalue weighted by molar-refractivity contribution is -0.151. The highest BCUT2D eigenvalue weighted by atomic mass is 16.5. The summed E-state index contributed by atoms with van der Waals surface area (Å²) >= 11 is 0. The molecule has 0 spiro atoms. The van der Waals surface area contributed by atoms with Gasteiger partial charge in [-0.25, -0.2) is 9.59 Å². The number of carbonyl (C=O) groups is 3. The molecular formula is C25H27NO7. The molecule has 2 aliphatic heterocycles. The Labute approximate surface area is 191 Å². The second-order valence-electron chi connectivity index (χ2n) is 8.53. The third-order valence-electron chi connectivity index (χ3n) is 6.38. The Bertz CT molecular complexity index is 1010. The molecule has 5 atom stereocenters. The van der Waals surface area contributed by atoms with Crippen LogP contribution >= 0.6 is 0 Å². The Morgan fingerprint density at radius 2 is 1.76 bits per heavy atom. The molecule has 2 saturated heterocycles. The predicted octanol–water partition coefficient (Wildman–Crippen LogP) is 1.94. The van der Waals surface area contributed by atoms with E-state index in [4.69, 9.17) is 9.47 Å². The molecule has 8 heteroatoms. The van der Waals surface area contributed by atoms with Crippen LogP contribution in [0.1, 0.15) is 34.3 Å². The van der Waals surface area contributed by atoms with Crippen molar-refractivity contribution in [3.05, 3.63) is 71.3 Å². The molecule has 2 aromatic rings. The lowest BCUT2D eigenvalue weighted by Gasteiger charge is -2.28. The van der Waals surface area contributed by atoms with Crippen LogP contribution in [0, 0.1) is 11.8 Å². The van der Waals surface area contributed by atoms with E-state index in [0.29, 0.717) is 6.42 Å².